The Labute approximate surface area is 139 Å². The highest BCUT2D eigenvalue weighted by Gasteiger charge is 2.18. The Kier molecular flexibility index (Phi) is 6.68. The highest BCUT2D eigenvalue weighted by atomic mass is 16.5. The molecule has 1 aliphatic rings. The van der Waals surface area contributed by atoms with Crippen molar-refractivity contribution >= 4 is 5.96 Å². The first kappa shape index (κ1) is 17.6. The van der Waals surface area contributed by atoms with Gasteiger partial charge >= 0.3 is 0 Å². The predicted octanol–water partition coefficient (Wildman–Crippen LogP) is 3.11. The standard InChI is InChI=1S/C18H30N4O/c1-13(2)23-17-10-7-15(11-20-17)12-21-18(19-4)22-16-8-5-14(3)6-9-16/h7,10-11,13-14,16H,5-6,8-9,12H2,1-4H3,(H2,19,21,22). The van der Waals surface area contributed by atoms with Crippen LogP contribution < -0.4 is 15.4 Å². The summed E-state index contributed by atoms with van der Waals surface area (Å²) in [6.07, 6.45) is 7.05. The summed E-state index contributed by atoms with van der Waals surface area (Å²) < 4.78 is 5.56. The van der Waals surface area contributed by atoms with Gasteiger partial charge in [0.2, 0.25) is 5.88 Å². The van der Waals surface area contributed by atoms with Crippen LogP contribution in [0.15, 0.2) is 23.3 Å². The van der Waals surface area contributed by atoms with Crippen LogP contribution in [-0.2, 0) is 6.54 Å². The lowest BCUT2D eigenvalue weighted by molar-refractivity contribution is 0.232. The van der Waals surface area contributed by atoms with Gasteiger partial charge in [0, 0.05) is 31.9 Å². The van der Waals surface area contributed by atoms with Gasteiger partial charge in [-0.3, -0.25) is 4.99 Å². The summed E-state index contributed by atoms with van der Waals surface area (Å²) in [5.41, 5.74) is 1.11. The van der Waals surface area contributed by atoms with E-state index in [-0.39, 0.29) is 6.10 Å². The van der Waals surface area contributed by atoms with Crippen LogP contribution in [0.25, 0.3) is 0 Å². The van der Waals surface area contributed by atoms with Crippen LogP contribution >= 0.6 is 0 Å². The van der Waals surface area contributed by atoms with Gasteiger partial charge in [0.1, 0.15) is 0 Å². The Bertz CT molecular complexity index is 490. The summed E-state index contributed by atoms with van der Waals surface area (Å²) in [5.74, 6) is 2.40. The molecule has 2 N–H and O–H groups in total. The molecule has 1 saturated carbocycles. The lowest BCUT2D eigenvalue weighted by Gasteiger charge is -2.28. The molecule has 0 atom stereocenters. The van der Waals surface area contributed by atoms with Gasteiger partial charge in [-0.25, -0.2) is 4.98 Å². The Morgan fingerprint density at radius 1 is 1.30 bits per heavy atom. The zero-order valence-electron chi connectivity index (χ0n) is 14.8. The number of guanidine groups is 1. The van der Waals surface area contributed by atoms with Crippen molar-refractivity contribution in [3.05, 3.63) is 23.9 Å². The van der Waals surface area contributed by atoms with E-state index in [4.69, 9.17) is 4.74 Å². The normalized spacial score (nSPS) is 22.0. The van der Waals surface area contributed by atoms with Gasteiger partial charge in [-0.2, -0.15) is 0 Å². The van der Waals surface area contributed by atoms with Crippen molar-refractivity contribution in [2.45, 2.75) is 65.1 Å². The smallest absolute Gasteiger partial charge is 0.213 e. The molecule has 128 valence electrons. The summed E-state index contributed by atoms with van der Waals surface area (Å²) >= 11 is 0. The molecule has 1 fully saturated rings. The predicted molar refractivity (Wildman–Crippen MR) is 94.8 cm³/mol. The molecule has 0 amide bonds. The third-order valence-corrected chi connectivity index (χ3v) is 4.19. The van der Waals surface area contributed by atoms with Gasteiger partial charge in [-0.1, -0.05) is 13.0 Å². The van der Waals surface area contributed by atoms with E-state index >= 15 is 0 Å². The number of hydrogen-bond donors (Lipinski definition) is 2. The fourth-order valence-electron chi connectivity index (χ4n) is 2.80. The molecule has 0 aliphatic heterocycles. The van der Waals surface area contributed by atoms with Crippen molar-refractivity contribution in [1.82, 2.24) is 15.6 Å². The van der Waals surface area contributed by atoms with E-state index < -0.39 is 0 Å². The third kappa shape index (κ3) is 6.08. The second-order valence-electron chi connectivity index (χ2n) is 6.70. The number of hydrogen-bond acceptors (Lipinski definition) is 3. The summed E-state index contributed by atoms with van der Waals surface area (Å²) in [7, 11) is 1.82. The van der Waals surface area contributed by atoms with E-state index in [2.05, 4.69) is 27.5 Å². The fraction of sp³-hybridized carbons (Fsp3) is 0.667. The third-order valence-electron chi connectivity index (χ3n) is 4.19. The second-order valence-corrected chi connectivity index (χ2v) is 6.70. The van der Waals surface area contributed by atoms with Crippen LogP contribution in [0.5, 0.6) is 5.88 Å². The Balaban J connectivity index is 1.79. The van der Waals surface area contributed by atoms with E-state index in [0.29, 0.717) is 18.5 Å². The molecule has 0 spiro atoms. The number of aromatic nitrogens is 1. The number of aliphatic imine (C=N–C) groups is 1. The van der Waals surface area contributed by atoms with Crippen LogP contribution in [0.3, 0.4) is 0 Å². The maximum Gasteiger partial charge on any atom is 0.213 e. The molecule has 5 nitrogen and oxygen atoms in total. The molecule has 5 heteroatoms. The number of nitrogens with zero attached hydrogens (tertiary/aromatic N) is 2. The molecule has 23 heavy (non-hydrogen) atoms. The number of ether oxygens (including phenoxy) is 1. The van der Waals surface area contributed by atoms with E-state index in [1.807, 2.05) is 39.2 Å². The summed E-state index contributed by atoms with van der Waals surface area (Å²) in [5, 5.41) is 6.89. The number of nitrogens with one attached hydrogen (secondary N) is 2. The summed E-state index contributed by atoms with van der Waals surface area (Å²) in [4.78, 5) is 8.65. The number of pyridine rings is 1. The van der Waals surface area contributed by atoms with Crippen LogP contribution in [0.4, 0.5) is 0 Å². The minimum atomic E-state index is 0.146. The SMILES string of the molecule is CN=C(NCc1ccc(OC(C)C)nc1)NC1CCC(C)CC1. The lowest BCUT2D eigenvalue weighted by Crippen LogP contribution is -2.44. The fourth-order valence-corrected chi connectivity index (χ4v) is 2.80. The van der Waals surface area contributed by atoms with Crippen molar-refractivity contribution in [3.8, 4) is 5.88 Å². The molecule has 1 aliphatic carbocycles. The molecule has 0 saturated heterocycles. The Hall–Kier alpha value is -1.78. The molecule has 0 aromatic carbocycles. The van der Waals surface area contributed by atoms with Gasteiger partial charge in [0.05, 0.1) is 6.10 Å². The van der Waals surface area contributed by atoms with E-state index in [1.54, 1.807) is 0 Å². The average Bonchev–Trinajstić information content (AvgIpc) is 2.54. The van der Waals surface area contributed by atoms with Gasteiger partial charge in [-0.05, 0) is 51.0 Å². The molecular formula is C18H30N4O. The zero-order valence-corrected chi connectivity index (χ0v) is 14.8. The van der Waals surface area contributed by atoms with E-state index in [0.717, 1.165) is 17.4 Å². The molecule has 0 unspecified atom stereocenters. The van der Waals surface area contributed by atoms with Gasteiger partial charge < -0.3 is 15.4 Å². The average molecular weight is 318 g/mol. The van der Waals surface area contributed by atoms with Gasteiger partial charge in [0.15, 0.2) is 5.96 Å². The van der Waals surface area contributed by atoms with E-state index in [1.165, 1.54) is 25.7 Å². The maximum absolute atomic E-state index is 5.56. The first-order chi connectivity index (χ1) is 11.1. The first-order valence-electron chi connectivity index (χ1n) is 8.65. The van der Waals surface area contributed by atoms with Gasteiger partial charge in [-0.15, -0.1) is 0 Å². The van der Waals surface area contributed by atoms with Crippen molar-refractivity contribution in [1.29, 1.82) is 0 Å². The molecular weight excluding hydrogens is 288 g/mol. The largest absolute Gasteiger partial charge is 0.475 e. The minimum Gasteiger partial charge on any atom is -0.475 e. The van der Waals surface area contributed by atoms with Crippen LogP contribution in [-0.4, -0.2) is 30.1 Å². The van der Waals surface area contributed by atoms with Crippen molar-refractivity contribution in [2.75, 3.05) is 7.05 Å². The van der Waals surface area contributed by atoms with Crippen molar-refractivity contribution < 1.29 is 4.74 Å². The lowest BCUT2D eigenvalue weighted by atomic mass is 9.87. The van der Waals surface area contributed by atoms with Crippen molar-refractivity contribution in [3.63, 3.8) is 0 Å². The van der Waals surface area contributed by atoms with E-state index in [9.17, 15) is 0 Å². The second kappa shape index (κ2) is 8.75. The van der Waals surface area contributed by atoms with Crippen LogP contribution in [0.2, 0.25) is 0 Å². The van der Waals surface area contributed by atoms with Crippen LogP contribution in [0.1, 0.15) is 52.0 Å². The number of rotatable bonds is 5. The quantitative estimate of drug-likeness (QED) is 0.647. The molecule has 0 bridgehead atoms. The van der Waals surface area contributed by atoms with Gasteiger partial charge in [0.25, 0.3) is 0 Å². The summed E-state index contributed by atoms with van der Waals surface area (Å²) in [6, 6.07) is 4.49. The first-order valence-corrected chi connectivity index (χ1v) is 8.65. The Morgan fingerprint density at radius 3 is 2.61 bits per heavy atom. The topological polar surface area (TPSA) is 58.5 Å². The summed E-state index contributed by atoms with van der Waals surface area (Å²) in [6.45, 7) is 7.04. The molecule has 1 aromatic rings. The monoisotopic (exact) mass is 318 g/mol. The van der Waals surface area contributed by atoms with Crippen LogP contribution in [0, 0.1) is 5.92 Å². The molecule has 0 radical (unpaired) electrons. The minimum absolute atomic E-state index is 0.146. The maximum atomic E-state index is 5.56. The highest BCUT2D eigenvalue weighted by Crippen LogP contribution is 2.23. The zero-order chi connectivity index (χ0) is 16.7. The molecule has 2 rings (SSSR count). The Morgan fingerprint density at radius 2 is 2.04 bits per heavy atom. The molecule has 1 aromatic heterocycles. The molecule has 1 heterocycles. The van der Waals surface area contributed by atoms with Crippen molar-refractivity contribution in [2.24, 2.45) is 10.9 Å². The highest BCUT2D eigenvalue weighted by molar-refractivity contribution is 5.79.